The van der Waals surface area contributed by atoms with Crippen molar-refractivity contribution >= 4 is 5.97 Å². The molecule has 0 fully saturated rings. The number of methoxy groups -OCH3 is 1. The maximum Gasteiger partial charge on any atom is 0.303 e. The van der Waals surface area contributed by atoms with Gasteiger partial charge in [-0.2, -0.15) is 0 Å². The van der Waals surface area contributed by atoms with E-state index in [4.69, 9.17) is 9.84 Å². The molecule has 0 heterocycles. The lowest BCUT2D eigenvalue weighted by molar-refractivity contribution is -0.138. The minimum absolute atomic E-state index is 0.281. The number of carbonyl (C=O) groups is 1. The van der Waals surface area contributed by atoms with E-state index in [0.717, 1.165) is 25.7 Å². The second-order valence-electron chi connectivity index (χ2n) is 3.39. The Bertz CT molecular complexity index is 126. The van der Waals surface area contributed by atoms with Gasteiger partial charge in [-0.05, 0) is 18.8 Å². The van der Waals surface area contributed by atoms with Crippen LogP contribution in [0.4, 0.5) is 0 Å². The van der Waals surface area contributed by atoms with Crippen LogP contribution in [0.5, 0.6) is 0 Å². The fraction of sp³-hybridized carbons (Fsp3) is 0.900. The van der Waals surface area contributed by atoms with Gasteiger partial charge < -0.3 is 9.84 Å². The van der Waals surface area contributed by atoms with Crippen LogP contribution in [-0.4, -0.2) is 24.8 Å². The smallest absolute Gasteiger partial charge is 0.303 e. The van der Waals surface area contributed by atoms with Crippen LogP contribution in [0.15, 0.2) is 0 Å². The lowest BCUT2D eigenvalue weighted by Gasteiger charge is -2.13. The zero-order valence-corrected chi connectivity index (χ0v) is 8.58. The molecule has 0 aromatic carbocycles. The minimum Gasteiger partial charge on any atom is -0.481 e. The van der Waals surface area contributed by atoms with Crippen LogP contribution in [0.2, 0.25) is 0 Å². The average Bonchev–Trinajstić information content (AvgIpc) is 2.09. The van der Waals surface area contributed by atoms with E-state index < -0.39 is 5.97 Å². The van der Waals surface area contributed by atoms with E-state index in [2.05, 4.69) is 6.92 Å². The van der Waals surface area contributed by atoms with E-state index >= 15 is 0 Å². The molecule has 0 radical (unpaired) electrons. The van der Waals surface area contributed by atoms with Crippen LogP contribution in [0.25, 0.3) is 0 Å². The fourth-order valence-electron chi connectivity index (χ4n) is 1.37. The second-order valence-corrected chi connectivity index (χ2v) is 3.39. The Morgan fingerprint density at radius 1 is 1.46 bits per heavy atom. The molecular formula is C10H20O3. The number of unbranched alkanes of at least 4 members (excludes halogenated alkanes) is 1. The van der Waals surface area contributed by atoms with Gasteiger partial charge in [0.1, 0.15) is 0 Å². The van der Waals surface area contributed by atoms with Crippen LogP contribution in [0, 0.1) is 5.92 Å². The highest BCUT2D eigenvalue weighted by molar-refractivity contribution is 5.66. The summed E-state index contributed by atoms with van der Waals surface area (Å²) >= 11 is 0. The molecule has 0 aromatic heterocycles. The summed E-state index contributed by atoms with van der Waals surface area (Å²) in [7, 11) is 1.65. The van der Waals surface area contributed by atoms with Gasteiger partial charge in [0.2, 0.25) is 0 Å². The number of hydrogen-bond acceptors (Lipinski definition) is 2. The number of aliphatic carboxylic acids is 1. The molecule has 13 heavy (non-hydrogen) atoms. The van der Waals surface area contributed by atoms with Crippen molar-refractivity contribution in [2.24, 2.45) is 5.92 Å². The largest absolute Gasteiger partial charge is 0.481 e. The third-order valence-electron chi connectivity index (χ3n) is 2.16. The molecule has 0 amide bonds. The Hall–Kier alpha value is -0.570. The summed E-state index contributed by atoms with van der Waals surface area (Å²) in [5.74, 6) is -0.408. The highest BCUT2D eigenvalue weighted by Gasteiger charge is 2.11. The Kier molecular flexibility index (Phi) is 7.69. The van der Waals surface area contributed by atoms with Gasteiger partial charge in [0, 0.05) is 20.1 Å². The molecule has 1 N–H and O–H groups in total. The second kappa shape index (κ2) is 8.05. The molecule has 0 aliphatic carbocycles. The summed E-state index contributed by atoms with van der Waals surface area (Å²) in [4.78, 5) is 10.5. The standard InChI is InChI=1S/C10H20O3/c1-3-4-5-9(6-7-13-2)8-10(11)12/h9H,3-8H2,1-2H3,(H,11,12)/t9-/m0/s1. The topological polar surface area (TPSA) is 46.5 Å². The molecule has 0 saturated carbocycles. The van der Waals surface area contributed by atoms with E-state index in [-0.39, 0.29) is 12.3 Å². The Labute approximate surface area is 80.1 Å². The number of ether oxygens (including phenoxy) is 1. The van der Waals surface area contributed by atoms with E-state index in [0.29, 0.717) is 6.61 Å². The van der Waals surface area contributed by atoms with Gasteiger partial charge in [-0.3, -0.25) is 4.79 Å². The third kappa shape index (κ3) is 7.78. The van der Waals surface area contributed by atoms with Crippen LogP contribution >= 0.6 is 0 Å². The van der Waals surface area contributed by atoms with Crippen molar-refractivity contribution in [1.29, 1.82) is 0 Å². The summed E-state index contributed by atoms with van der Waals surface area (Å²) in [6.45, 7) is 2.79. The SMILES string of the molecule is CCCC[C@@H](CCOC)CC(=O)O. The van der Waals surface area contributed by atoms with Crippen molar-refractivity contribution in [2.45, 2.75) is 39.0 Å². The zero-order valence-electron chi connectivity index (χ0n) is 8.58. The molecule has 78 valence electrons. The van der Waals surface area contributed by atoms with Crippen molar-refractivity contribution in [1.82, 2.24) is 0 Å². The predicted molar refractivity (Wildman–Crippen MR) is 51.8 cm³/mol. The molecule has 0 spiro atoms. The fourth-order valence-corrected chi connectivity index (χ4v) is 1.37. The minimum atomic E-state index is -0.697. The first-order chi connectivity index (χ1) is 6.20. The molecule has 0 saturated heterocycles. The van der Waals surface area contributed by atoms with Crippen molar-refractivity contribution in [3.8, 4) is 0 Å². The monoisotopic (exact) mass is 188 g/mol. The maximum atomic E-state index is 10.5. The first-order valence-electron chi connectivity index (χ1n) is 4.91. The number of rotatable bonds is 8. The Balaban J connectivity index is 3.66. The highest BCUT2D eigenvalue weighted by Crippen LogP contribution is 2.16. The summed E-state index contributed by atoms with van der Waals surface area (Å²) in [6, 6.07) is 0. The van der Waals surface area contributed by atoms with Gasteiger partial charge in [-0.15, -0.1) is 0 Å². The highest BCUT2D eigenvalue weighted by atomic mass is 16.5. The summed E-state index contributed by atoms with van der Waals surface area (Å²) in [6.07, 6.45) is 4.39. The van der Waals surface area contributed by atoms with Gasteiger partial charge in [0.15, 0.2) is 0 Å². The van der Waals surface area contributed by atoms with Crippen LogP contribution in [-0.2, 0) is 9.53 Å². The van der Waals surface area contributed by atoms with Crippen LogP contribution < -0.4 is 0 Å². The first kappa shape index (κ1) is 12.4. The Morgan fingerprint density at radius 2 is 2.15 bits per heavy atom. The maximum absolute atomic E-state index is 10.5. The number of carboxylic acids is 1. The molecule has 0 aliphatic rings. The van der Waals surface area contributed by atoms with Crippen LogP contribution in [0.3, 0.4) is 0 Å². The lowest BCUT2D eigenvalue weighted by atomic mass is 9.95. The molecule has 0 aliphatic heterocycles. The number of carboxylic acid groups (broad SMARTS) is 1. The van der Waals surface area contributed by atoms with Crippen molar-refractivity contribution in [3.63, 3.8) is 0 Å². The van der Waals surface area contributed by atoms with E-state index in [1.54, 1.807) is 7.11 Å². The normalized spacial score (nSPS) is 12.8. The molecule has 0 unspecified atom stereocenters. The Morgan fingerprint density at radius 3 is 2.62 bits per heavy atom. The average molecular weight is 188 g/mol. The van der Waals surface area contributed by atoms with Crippen LogP contribution in [0.1, 0.15) is 39.0 Å². The zero-order chi connectivity index (χ0) is 10.1. The van der Waals surface area contributed by atoms with E-state index in [1.807, 2.05) is 0 Å². The molecule has 3 nitrogen and oxygen atoms in total. The molecule has 0 bridgehead atoms. The molecule has 0 aromatic rings. The van der Waals surface area contributed by atoms with Gasteiger partial charge in [0.25, 0.3) is 0 Å². The summed E-state index contributed by atoms with van der Waals surface area (Å²) in [5, 5.41) is 8.64. The summed E-state index contributed by atoms with van der Waals surface area (Å²) in [5.41, 5.74) is 0. The van der Waals surface area contributed by atoms with E-state index in [9.17, 15) is 4.79 Å². The molecule has 0 rings (SSSR count). The van der Waals surface area contributed by atoms with Crippen molar-refractivity contribution < 1.29 is 14.6 Å². The van der Waals surface area contributed by atoms with Gasteiger partial charge in [-0.25, -0.2) is 0 Å². The molecule has 1 atom stereocenters. The third-order valence-corrected chi connectivity index (χ3v) is 2.16. The molecular weight excluding hydrogens is 168 g/mol. The van der Waals surface area contributed by atoms with Crippen molar-refractivity contribution in [3.05, 3.63) is 0 Å². The predicted octanol–water partition coefficient (Wildman–Crippen LogP) is 2.30. The number of hydrogen-bond donors (Lipinski definition) is 1. The van der Waals surface area contributed by atoms with Gasteiger partial charge in [-0.1, -0.05) is 19.8 Å². The van der Waals surface area contributed by atoms with Gasteiger partial charge >= 0.3 is 5.97 Å². The van der Waals surface area contributed by atoms with Crippen molar-refractivity contribution in [2.75, 3.05) is 13.7 Å². The molecule has 3 heteroatoms. The van der Waals surface area contributed by atoms with Gasteiger partial charge in [0.05, 0.1) is 0 Å². The first-order valence-corrected chi connectivity index (χ1v) is 4.91. The quantitative estimate of drug-likeness (QED) is 0.635. The summed E-state index contributed by atoms with van der Waals surface area (Å²) < 4.78 is 4.94. The lowest BCUT2D eigenvalue weighted by Crippen LogP contribution is -2.10. The van der Waals surface area contributed by atoms with E-state index in [1.165, 1.54) is 0 Å².